The summed E-state index contributed by atoms with van der Waals surface area (Å²) >= 11 is 0. The highest BCUT2D eigenvalue weighted by molar-refractivity contribution is 5.87. The predicted molar refractivity (Wildman–Crippen MR) is 60.3 cm³/mol. The van der Waals surface area contributed by atoms with Gasteiger partial charge in [-0.1, -0.05) is 19.4 Å². The van der Waals surface area contributed by atoms with E-state index >= 15 is 0 Å². The first kappa shape index (κ1) is 15.6. The van der Waals surface area contributed by atoms with Crippen LogP contribution >= 0.6 is 0 Å². The number of allylic oxidation sites excluding steroid dienone is 1. The molecule has 0 fully saturated rings. The summed E-state index contributed by atoms with van der Waals surface area (Å²) in [6.07, 6.45) is 2.45. The van der Waals surface area contributed by atoms with Gasteiger partial charge in [0.05, 0.1) is 0 Å². The lowest BCUT2D eigenvalue weighted by molar-refractivity contribution is -0.116. The largest absolute Gasteiger partial charge is 0.385 e. The van der Waals surface area contributed by atoms with Crippen molar-refractivity contribution in [3.05, 3.63) is 11.6 Å². The van der Waals surface area contributed by atoms with E-state index in [-0.39, 0.29) is 5.91 Å². The van der Waals surface area contributed by atoms with Gasteiger partial charge >= 0.3 is 0 Å². The summed E-state index contributed by atoms with van der Waals surface area (Å²) in [5.74, 6) is -0.0221. The third-order valence-corrected chi connectivity index (χ3v) is 1.24. The van der Waals surface area contributed by atoms with Crippen LogP contribution in [0.25, 0.3) is 0 Å². The molecule has 0 aromatic carbocycles. The molecule has 0 spiro atoms. The average Bonchev–Trinajstić information content (AvgIpc) is 2.15. The Morgan fingerprint density at radius 2 is 1.93 bits per heavy atom. The molecule has 0 atom stereocenters. The summed E-state index contributed by atoms with van der Waals surface area (Å²) in [7, 11) is 1.65. The first-order valence-corrected chi connectivity index (χ1v) is 5.08. The summed E-state index contributed by atoms with van der Waals surface area (Å²) in [6, 6.07) is 0. The molecule has 0 saturated heterocycles. The van der Waals surface area contributed by atoms with Gasteiger partial charge in [0.2, 0.25) is 5.91 Å². The van der Waals surface area contributed by atoms with Gasteiger partial charge in [-0.05, 0) is 20.3 Å². The summed E-state index contributed by atoms with van der Waals surface area (Å²) in [5, 5.41) is 2.75. The monoisotopic (exact) mass is 201 g/mol. The number of methoxy groups -OCH3 is 1. The molecule has 0 unspecified atom stereocenters. The number of carbonyl (C=O) groups excluding carboxylic acids is 1. The minimum atomic E-state index is -0.0221. The number of hydrogen-bond donors (Lipinski definition) is 1. The normalized spacial score (nSPS) is 8.36. The van der Waals surface area contributed by atoms with Gasteiger partial charge in [-0.2, -0.15) is 0 Å². The van der Waals surface area contributed by atoms with Crippen LogP contribution < -0.4 is 5.32 Å². The second-order valence-electron chi connectivity index (χ2n) is 2.86. The van der Waals surface area contributed by atoms with Crippen LogP contribution in [0.2, 0.25) is 0 Å². The quantitative estimate of drug-likeness (QED) is 0.546. The standard InChI is InChI=1S/C9H17NO2.C2H6/c1-8(2)7-9(11)10-5-4-6-12-3;1-2/h7H,4-6H2,1-3H3,(H,10,11);1-2H3. The first-order chi connectivity index (χ1) is 6.66. The average molecular weight is 201 g/mol. The molecule has 1 N–H and O–H groups in total. The Kier molecular flexibility index (Phi) is 13.6. The topological polar surface area (TPSA) is 38.3 Å². The van der Waals surface area contributed by atoms with Crippen molar-refractivity contribution in [3.8, 4) is 0 Å². The van der Waals surface area contributed by atoms with Crippen LogP contribution in [-0.4, -0.2) is 26.2 Å². The number of rotatable bonds is 5. The van der Waals surface area contributed by atoms with Gasteiger partial charge < -0.3 is 10.1 Å². The van der Waals surface area contributed by atoms with E-state index in [1.807, 2.05) is 27.7 Å². The minimum absolute atomic E-state index is 0.0221. The van der Waals surface area contributed by atoms with E-state index in [0.29, 0.717) is 13.2 Å². The number of ether oxygens (including phenoxy) is 1. The minimum Gasteiger partial charge on any atom is -0.385 e. The van der Waals surface area contributed by atoms with E-state index in [2.05, 4.69) is 5.32 Å². The molecular formula is C11H23NO2. The zero-order valence-corrected chi connectivity index (χ0v) is 10.0. The summed E-state index contributed by atoms with van der Waals surface area (Å²) in [6.45, 7) is 9.16. The molecule has 0 radical (unpaired) electrons. The number of hydrogen-bond acceptors (Lipinski definition) is 2. The van der Waals surface area contributed by atoms with Crippen molar-refractivity contribution >= 4 is 5.91 Å². The predicted octanol–water partition coefficient (Wildman–Crippen LogP) is 2.13. The number of nitrogens with one attached hydrogen (secondary N) is 1. The molecule has 3 nitrogen and oxygen atoms in total. The third-order valence-electron chi connectivity index (χ3n) is 1.24. The molecule has 84 valence electrons. The number of amides is 1. The van der Waals surface area contributed by atoms with Crippen LogP contribution in [-0.2, 0) is 9.53 Å². The van der Waals surface area contributed by atoms with Crippen molar-refractivity contribution in [2.24, 2.45) is 0 Å². The fourth-order valence-electron chi connectivity index (χ4n) is 0.741. The van der Waals surface area contributed by atoms with Crippen LogP contribution in [0.5, 0.6) is 0 Å². The highest BCUT2D eigenvalue weighted by Crippen LogP contribution is 1.87. The lowest BCUT2D eigenvalue weighted by atomic mass is 10.3. The zero-order valence-electron chi connectivity index (χ0n) is 10.0. The molecule has 0 bridgehead atoms. The molecular weight excluding hydrogens is 178 g/mol. The van der Waals surface area contributed by atoms with Gasteiger partial charge in [0.1, 0.15) is 0 Å². The van der Waals surface area contributed by atoms with E-state index in [4.69, 9.17) is 4.74 Å². The number of carbonyl (C=O) groups is 1. The molecule has 0 aliphatic carbocycles. The maximum absolute atomic E-state index is 11.0. The van der Waals surface area contributed by atoms with Crippen molar-refractivity contribution in [2.75, 3.05) is 20.3 Å². The van der Waals surface area contributed by atoms with Crippen LogP contribution in [0.15, 0.2) is 11.6 Å². The molecule has 3 heteroatoms. The van der Waals surface area contributed by atoms with Crippen LogP contribution in [0.3, 0.4) is 0 Å². The van der Waals surface area contributed by atoms with Crippen molar-refractivity contribution in [3.63, 3.8) is 0 Å². The van der Waals surface area contributed by atoms with Crippen molar-refractivity contribution in [1.29, 1.82) is 0 Å². The fourth-order valence-corrected chi connectivity index (χ4v) is 0.741. The Labute approximate surface area is 87.5 Å². The SMILES string of the molecule is CC.COCCCNC(=O)C=C(C)C. The first-order valence-electron chi connectivity index (χ1n) is 5.08. The van der Waals surface area contributed by atoms with E-state index in [0.717, 1.165) is 12.0 Å². The Hall–Kier alpha value is -0.830. The molecule has 0 aromatic rings. The maximum atomic E-state index is 11.0. The molecule has 0 aromatic heterocycles. The Morgan fingerprint density at radius 3 is 2.36 bits per heavy atom. The van der Waals surface area contributed by atoms with E-state index in [1.165, 1.54) is 0 Å². The van der Waals surface area contributed by atoms with Crippen LogP contribution in [0.1, 0.15) is 34.1 Å². The summed E-state index contributed by atoms with van der Waals surface area (Å²) < 4.78 is 4.84. The lowest BCUT2D eigenvalue weighted by Gasteiger charge is -2.01. The molecule has 0 aliphatic rings. The highest BCUT2D eigenvalue weighted by Gasteiger charge is 1.93. The van der Waals surface area contributed by atoms with Crippen LogP contribution in [0.4, 0.5) is 0 Å². The van der Waals surface area contributed by atoms with Gasteiger partial charge in [0.15, 0.2) is 0 Å². The van der Waals surface area contributed by atoms with E-state index in [9.17, 15) is 4.79 Å². The molecule has 0 saturated carbocycles. The van der Waals surface area contributed by atoms with Gasteiger partial charge in [0, 0.05) is 26.3 Å². The Morgan fingerprint density at radius 1 is 1.36 bits per heavy atom. The molecule has 0 rings (SSSR count). The van der Waals surface area contributed by atoms with E-state index < -0.39 is 0 Å². The Balaban J connectivity index is 0. The van der Waals surface area contributed by atoms with Gasteiger partial charge in [0.25, 0.3) is 0 Å². The summed E-state index contributed by atoms with van der Waals surface area (Å²) in [4.78, 5) is 11.0. The van der Waals surface area contributed by atoms with Gasteiger partial charge in [-0.3, -0.25) is 4.79 Å². The second-order valence-corrected chi connectivity index (χ2v) is 2.86. The lowest BCUT2D eigenvalue weighted by Crippen LogP contribution is -2.23. The molecule has 0 heterocycles. The fraction of sp³-hybridized carbons (Fsp3) is 0.727. The summed E-state index contributed by atoms with van der Waals surface area (Å²) in [5.41, 5.74) is 1.01. The maximum Gasteiger partial charge on any atom is 0.243 e. The zero-order chi connectivity index (χ0) is 11.4. The molecule has 14 heavy (non-hydrogen) atoms. The second kappa shape index (κ2) is 12.2. The van der Waals surface area contributed by atoms with Crippen molar-refractivity contribution in [1.82, 2.24) is 5.32 Å². The van der Waals surface area contributed by atoms with Gasteiger partial charge in [-0.25, -0.2) is 0 Å². The van der Waals surface area contributed by atoms with Crippen LogP contribution in [0, 0.1) is 0 Å². The smallest absolute Gasteiger partial charge is 0.243 e. The third kappa shape index (κ3) is 13.7. The Bertz CT molecular complexity index is 161. The van der Waals surface area contributed by atoms with Crippen molar-refractivity contribution in [2.45, 2.75) is 34.1 Å². The van der Waals surface area contributed by atoms with Crippen molar-refractivity contribution < 1.29 is 9.53 Å². The molecule has 0 aliphatic heterocycles. The molecule has 1 amide bonds. The van der Waals surface area contributed by atoms with Gasteiger partial charge in [-0.15, -0.1) is 0 Å². The van der Waals surface area contributed by atoms with E-state index in [1.54, 1.807) is 13.2 Å². The highest BCUT2D eigenvalue weighted by atomic mass is 16.5.